The van der Waals surface area contributed by atoms with Crippen molar-refractivity contribution < 1.29 is 29.0 Å². The number of nitrogens with two attached hydrogens (primary N) is 1. The smallest absolute Gasteiger partial charge is 0.408 e. The standard InChI is InChI=1S/C37H40Cl2FN5O5S/c1-3-20(2)31(33(41)51)43-35(48)37(14-13-29-26(18-37)25-15-23(38)16-27(39)32(25)42-29)44-34(47)30(17-28(40)22-9-11-24(46)12-10-22)45(36(49)50)19-21-7-5-4-6-8-21/h4-12,15-16,20,28,30-31,42,46H,3,13-14,17-19H2,1-2H3,(H2,41,51)(H,43,48)(H,44,47)(H,49,50)/t20-,28?,30?,31-,37+/m0/s1. The molecule has 3 aromatic carbocycles. The van der Waals surface area contributed by atoms with Crippen LogP contribution in [0.1, 0.15) is 61.7 Å². The maximum atomic E-state index is 16.0. The van der Waals surface area contributed by atoms with Crippen molar-refractivity contribution in [2.24, 2.45) is 11.7 Å². The van der Waals surface area contributed by atoms with Gasteiger partial charge in [-0.3, -0.25) is 14.5 Å². The summed E-state index contributed by atoms with van der Waals surface area (Å²) in [5.74, 6) is -1.64. The van der Waals surface area contributed by atoms with E-state index in [0.29, 0.717) is 44.9 Å². The minimum absolute atomic E-state index is 0.0172. The minimum atomic E-state index is -1.80. The molecule has 51 heavy (non-hydrogen) atoms. The molecule has 0 spiro atoms. The maximum absolute atomic E-state index is 16.0. The fraction of sp³-hybridized carbons (Fsp3) is 0.351. The first-order valence-electron chi connectivity index (χ1n) is 16.6. The zero-order chi connectivity index (χ0) is 37.0. The Kier molecular flexibility index (Phi) is 11.8. The van der Waals surface area contributed by atoms with Gasteiger partial charge in [0.05, 0.1) is 21.6 Å². The van der Waals surface area contributed by atoms with Crippen molar-refractivity contribution in [1.82, 2.24) is 20.5 Å². The normalized spacial score (nSPS) is 17.8. The molecule has 0 radical (unpaired) electrons. The molecule has 14 heteroatoms. The second kappa shape index (κ2) is 15.9. The molecule has 1 aromatic heterocycles. The molecule has 2 unspecified atom stereocenters. The summed E-state index contributed by atoms with van der Waals surface area (Å²) in [5.41, 5.74) is 7.31. The van der Waals surface area contributed by atoms with Gasteiger partial charge in [-0.1, -0.05) is 98.2 Å². The number of halogens is 3. The Balaban J connectivity index is 1.58. The summed E-state index contributed by atoms with van der Waals surface area (Å²) in [5, 5.41) is 27.5. The minimum Gasteiger partial charge on any atom is -0.508 e. The molecule has 270 valence electrons. The number of carbonyl (C=O) groups excluding carboxylic acids is 2. The van der Waals surface area contributed by atoms with Gasteiger partial charge in [0.1, 0.15) is 23.5 Å². The third-order valence-corrected chi connectivity index (χ3v) is 10.5. The van der Waals surface area contributed by atoms with Crippen molar-refractivity contribution in [3.8, 4) is 5.75 Å². The van der Waals surface area contributed by atoms with Crippen LogP contribution in [0.5, 0.6) is 5.75 Å². The summed E-state index contributed by atoms with van der Waals surface area (Å²) in [6, 6.07) is 15.0. The highest BCUT2D eigenvalue weighted by molar-refractivity contribution is 7.80. The van der Waals surface area contributed by atoms with Crippen LogP contribution in [0.4, 0.5) is 9.18 Å². The average Bonchev–Trinajstić information content (AvgIpc) is 3.46. The topological polar surface area (TPSA) is 161 Å². The number of nitrogens with one attached hydrogen (secondary N) is 3. The first-order chi connectivity index (χ1) is 24.2. The quantitative estimate of drug-likeness (QED) is 0.0802. The third kappa shape index (κ3) is 8.40. The molecular formula is C37H40Cl2FN5O5S. The summed E-state index contributed by atoms with van der Waals surface area (Å²) >= 11 is 18.2. The molecule has 4 aromatic rings. The van der Waals surface area contributed by atoms with Crippen molar-refractivity contribution in [3.05, 3.63) is 99.2 Å². The van der Waals surface area contributed by atoms with Crippen molar-refractivity contribution in [2.45, 2.75) is 76.3 Å². The third-order valence-electron chi connectivity index (χ3n) is 9.71. The molecule has 5 atom stereocenters. The highest BCUT2D eigenvalue weighted by Gasteiger charge is 2.47. The lowest BCUT2D eigenvalue weighted by Crippen LogP contribution is -2.66. The summed E-state index contributed by atoms with van der Waals surface area (Å²) in [7, 11) is 0. The number of aryl methyl sites for hydroxylation is 1. The monoisotopic (exact) mass is 755 g/mol. The number of carboxylic acid groups (broad SMARTS) is 1. The zero-order valence-electron chi connectivity index (χ0n) is 28.1. The van der Waals surface area contributed by atoms with Gasteiger partial charge in [0, 0.05) is 35.5 Å². The molecule has 10 nitrogen and oxygen atoms in total. The maximum Gasteiger partial charge on any atom is 0.408 e. The van der Waals surface area contributed by atoms with Crippen LogP contribution >= 0.6 is 35.4 Å². The molecule has 0 aliphatic heterocycles. The number of amides is 3. The first kappa shape index (κ1) is 37.9. The molecule has 5 rings (SSSR count). The van der Waals surface area contributed by atoms with Gasteiger partial charge in [-0.05, 0) is 59.7 Å². The fourth-order valence-corrected chi connectivity index (χ4v) is 7.47. The van der Waals surface area contributed by atoms with Crippen LogP contribution in [0.25, 0.3) is 10.9 Å². The van der Waals surface area contributed by atoms with E-state index < -0.39 is 48.1 Å². The van der Waals surface area contributed by atoms with E-state index in [9.17, 15) is 24.6 Å². The predicted molar refractivity (Wildman–Crippen MR) is 200 cm³/mol. The van der Waals surface area contributed by atoms with Crippen molar-refractivity contribution in [1.29, 1.82) is 0 Å². The van der Waals surface area contributed by atoms with Gasteiger partial charge in [0.2, 0.25) is 11.8 Å². The van der Waals surface area contributed by atoms with Crippen molar-refractivity contribution >= 4 is 69.2 Å². The summed E-state index contributed by atoms with van der Waals surface area (Å²) < 4.78 is 16.0. The molecule has 1 aliphatic carbocycles. The number of aromatic amines is 1. The van der Waals surface area contributed by atoms with E-state index in [2.05, 4.69) is 15.6 Å². The van der Waals surface area contributed by atoms with Crippen LogP contribution in [-0.4, -0.2) is 60.6 Å². The highest BCUT2D eigenvalue weighted by atomic mass is 35.5. The number of alkyl halides is 1. The first-order valence-corrected chi connectivity index (χ1v) is 17.8. The number of carbonyl (C=O) groups is 3. The van der Waals surface area contributed by atoms with E-state index in [0.717, 1.165) is 10.6 Å². The van der Waals surface area contributed by atoms with Gasteiger partial charge in [0.25, 0.3) is 0 Å². The molecule has 0 saturated heterocycles. The van der Waals surface area contributed by atoms with Crippen LogP contribution in [-0.2, 0) is 29.0 Å². The number of H-pyrrole nitrogens is 1. The van der Waals surface area contributed by atoms with Gasteiger partial charge in [-0.25, -0.2) is 9.18 Å². The number of benzene rings is 3. The van der Waals surface area contributed by atoms with Gasteiger partial charge in [-0.2, -0.15) is 0 Å². The molecule has 7 N–H and O–H groups in total. The number of nitrogens with zero attached hydrogens (tertiary/aromatic N) is 1. The molecule has 3 amide bonds. The second-order valence-electron chi connectivity index (χ2n) is 13.1. The van der Waals surface area contributed by atoms with Crippen LogP contribution in [0.15, 0.2) is 66.7 Å². The highest BCUT2D eigenvalue weighted by Crippen LogP contribution is 2.39. The Morgan fingerprint density at radius 1 is 1.12 bits per heavy atom. The molecule has 0 saturated carbocycles. The largest absolute Gasteiger partial charge is 0.508 e. The van der Waals surface area contributed by atoms with E-state index in [-0.39, 0.29) is 41.6 Å². The Morgan fingerprint density at radius 3 is 2.43 bits per heavy atom. The number of hydrogen-bond donors (Lipinski definition) is 6. The lowest BCUT2D eigenvalue weighted by Gasteiger charge is -2.40. The van der Waals surface area contributed by atoms with Crippen molar-refractivity contribution in [2.75, 3.05) is 0 Å². The number of thiocarbonyl (C=S) groups is 1. The fourth-order valence-electron chi connectivity index (χ4n) is 6.64. The van der Waals surface area contributed by atoms with E-state index in [1.54, 1.807) is 42.5 Å². The van der Waals surface area contributed by atoms with Crippen LogP contribution in [0.3, 0.4) is 0 Å². The van der Waals surface area contributed by atoms with Gasteiger partial charge < -0.3 is 31.6 Å². The van der Waals surface area contributed by atoms with Gasteiger partial charge >= 0.3 is 6.09 Å². The number of aromatic nitrogens is 1. The number of rotatable bonds is 13. The predicted octanol–water partition coefficient (Wildman–Crippen LogP) is 6.99. The van der Waals surface area contributed by atoms with Crippen molar-refractivity contribution in [3.63, 3.8) is 0 Å². The van der Waals surface area contributed by atoms with Crippen LogP contribution in [0, 0.1) is 5.92 Å². The van der Waals surface area contributed by atoms with E-state index >= 15 is 4.39 Å². The zero-order valence-corrected chi connectivity index (χ0v) is 30.4. The number of hydrogen-bond acceptors (Lipinski definition) is 5. The summed E-state index contributed by atoms with van der Waals surface area (Å²) in [6.45, 7) is 3.61. The Labute approximate surface area is 310 Å². The van der Waals surface area contributed by atoms with E-state index in [1.165, 1.54) is 24.3 Å². The van der Waals surface area contributed by atoms with Crippen LogP contribution in [0.2, 0.25) is 10.0 Å². The summed E-state index contributed by atoms with van der Waals surface area (Å²) in [4.78, 5) is 46.3. The molecule has 1 aliphatic rings. The molecule has 0 fully saturated rings. The summed E-state index contributed by atoms with van der Waals surface area (Å²) in [6.07, 6.45) is -2.78. The Hall–Kier alpha value is -4.39. The average molecular weight is 757 g/mol. The lowest BCUT2D eigenvalue weighted by molar-refractivity contribution is -0.137. The number of phenolic OH excluding ortho intramolecular Hbond substituents is 1. The number of aromatic hydroxyl groups is 1. The molecule has 1 heterocycles. The Bertz CT molecular complexity index is 1930. The number of fused-ring (bicyclic) bond motifs is 3. The van der Waals surface area contributed by atoms with Gasteiger partial charge in [0.15, 0.2) is 0 Å². The molecule has 0 bridgehead atoms. The van der Waals surface area contributed by atoms with E-state index in [1.807, 2.05) is 13.8 Å². The van der Waals surface area contributed by atoms with Gasteiger partial charge in [-0.15, -0.1) is 0 Å². The van der Waals surface area contributed by atoms with E-state index in [4.69, 9.17) is 41.2 Å². The lowest BCUT2D eigenvalue weighted by atomic mass is 9.78. The number of phenols is 1. The molecular weight excluding hydrogens is 716 g/mol. The second-order valence-corrected chi connectivity index (χ2v) is 14.4. The SMILES string of the molecule is CC[C@H](C)[C@H](NC(=O)[C@@]1(NC(=O)C(CC(F)c2ccc(O)cc2)N(Cc2ccccc2)C(=O)O)CCc2[nH]c3c(Cl)cc(Cl)cc3c2C1)C(N)=S. The Morgan fingerprint density at radius 2 is 1.80 bits per heavy atom. The van der Waals surface area contributed by atoms with Crippen LogP contribution < -0.4 is 16.4 Å².